The Morgan fingerprint density at radius 3 is 2.50 bits per heavy atom. The first-order valence-corrected chi connectivity index (χ1v) is 7.72. The highest BCUT2D eigenvalue weighted by Gasteiger charge is 2.36. The number of nitrogens with zero attached hydrogens (tertiary/aromatic N) is 2. The Hall–Kier alpha value is -1.12. The van der Waals surface area contributed by atoms with E-state index in [0.29, 0.717) is 0 Å². The van der Waals surface area contributed by atoms with E-state index in [2.05, 4.69) is 16.3 Å². The molecule has 2 fully saturated rings. The van der Waals surface area contributed by atoms with Gasteiger partial charge in [-0.05, 0) is 32.6 Å². The first-order chi connectivity index (χ1) is 9.56. The van der Waals surface area contributed by atoms with E-state index < -0.39 is 5.54 Å². The van der Waals surface area contributed by atoms with E-state index in [0.717, 1.165) is 58.0 Å². The van der Waals surface area contributed by atoms with E-state index in [9.17, 15) is 15.2 Å². The molecule has 112 valence electrons. The van der Waals surface area contributed by atoms with E-state index in [-0.39, 0.29) is 18.1 Å². The van der Waals surface area contributed by atoms with E-state index in [1.165, 1.54) is 0 Å². The summed E-state index contributed by atoms with van der Waals surface area (Å²) in [6, 6.07) is 2.10. The number of hydrogen-bond acceptors (Lipinski definition) is 4. The molecule has 1 amide bonds. The smallest absolute Gasteiger partial charge is 0.238 e. The lowest BCUT2D eigenvalue weighted by Crippen LogP contribution is -2.56. The van der Waals surface area contributed by atoms with Crippen LogP contribution in [0.1, 0.15) is 51.9 Å². The lowest BCUT2D eigenvalue weighted by Gasteiger charge is -2.37. The van der Waals surface area contributed by atoms with Crippen molar-refractivity contribution in [1.29, 1.82) is 5.26 Å². The maximum atomic E-state index is 12.4. The van der Waals surface area contributed by atoms with Crippen LogP contribution in [0.4, 0.5) is 0 Å². The molecule has 2 aliphatic rings. The molecule has 1 aliphatic heterocycles. The van der Waals surface area contributed by atoms with Crippen molar-refractivity contribution in [3.63, 3.8) is 0 Å². The van der Waals surface area contributed by atoms with E-state index >= 15 is 0 Å². The van der Waals surface area contributed by atoms with Crippen molar-refractivity contribution in [2.75, 3.05) is 13.1 Å². The molecule has 20 heavy (non-hydrogen) atoms. The van der Waals surface area contributed by atoms with E-state index in [1.807, 2.05) is 6.92 Å². The van der Waals surface area contributed by atoms with Gasteiger partial charge in [-0.15, -0.1) is 0 Å². The van der Waals surface area contributed by atoms with Gasteiger partial charge in [0, 0.05) is 13.1 Å². The van der Waals surface area contributed by atoms with Crippen LogP contribution < -0.4 is 5.32 Å². The molecule has 1 atom stereocenters. The lowest BCUT2D eigenvalue weighted by atomic mass is 9.82. The molecule has 1 heterocycles. The van der Waals surface area contributed by atoms with Gasteiger partial charge < -0.3 is 10.4 Å². The normalized spacial score (nSPS) is 25.6. The first kappa shape index (κ1) is 15.3. The zero-order valence-electron chi connectivity index (χ0n) is 12.3. The third kappa shape index (κ3) is 3.50. The van der Waals surface area contributed by atoms with Gasteiger partial charge in [-0.1, -0.05) is 19.3 Å². The maximum absolute atomic E-state index is 12.4. The minimum atomic E-state index is -0.654. The molecule has 1 saturated carbocycles. The molecule has 0 aromatic heterocycles. The van der Waals surface area contributed by atoms with Gasteiger partial charge in [-0.25, -0.2) is 0 Å². The molecule has 5 nitrogen and oxygen atoms in total. The minimum Gasteiger partial charge on any atom is -0.393 e. The second-order valence-electron chi connectivity index (χ2n) is 6.19. The molecular weight excluding hydrogens is 254 g/mol. The number of piperidine rings is 1. The van der Waals surface area contributed by atoms with Gasteiger partial charge in [-0.3, -0.25) is 9.69 Å². The van der Waals surface area contributed by atoms with Gasteiger partial charge >= 0.3 is 0 Å². The molecule has 0 bridgehead atoms. The van der Waals surface area contributed by atoms with Crippen LogP contribution in [0, 0.1) is 11.3 Å². The number of aliphatic hydroxyl groups is 1. The monoisotopic (exact) mass is 279 g/mol. The molecule has 1 saturated heterocycles. The predicted molar refractivity (Wildman–Crippen MR) is 75.8 cm³/mol. The van der Waals surface area contributed by atoms with Gasteiger partial charge in [0.2, 0.25) is 5.91 Å². The highest BCUT2D eigenvalue weighted by atomic mass is 16.3. The Morgan fingerprint density at radius 1 is 1.35 bits per heavy atom. The SMILES string of the molecule is C[C@H](C(=O)NC1(C#N)CCCCC1)N1CCC(O)CC1. The summed E-state index contributed by atoms with van der Waals surface area (Å²) >= 11 is 0. The van der Waals surface area contributed by atoms with Crippen LogP contribution in [-0.2, 0) is 4.79 Å². The third-order valence-electron chi connectivity index (χ3n) is 4.71. The molecule has 2 rings (SSSR count). The second kappa shape index (κ2) is 6.55. The number of carbonyl (C=O) groups excluding carboxylic acids is 1. The number of amides is 1. The van der Waals surface area contributed by atoms with Crippen molar-refractivity contribution in [2.45, 2.75) is 69.6 Å². The molecule has 0 aromatic rings. The van der Waals surface area contributed by atoms with Gasteiger partial charge in [0.05, 0.1) is 18.2 Å². The average Bonchev–Trinajstić information content (AvgIpc) is 2.48. The topological polar surface area (TPSA) is 76.4 Å². The number of nitriles is 1. The minimum absolute atomic E-state index is 0.0511. The van der Waals surface area contributed by atoms with Crippen LogP contribution in [0.5, 0.6) is 0 Å². The summed E-state index contributed by atoms with van der Waals surface area (Å²) in [6.07, 6.45) is 5.92. The van der Waals surface area contributed by atoms with Crippen LogP contribution >= 0.6 is 0 Å². The quantitative estimate of drug-likeness (QED) is 0.813. The second-order valence-corrected chi connectivity index (χ2v) is 6.19. The summed E-state index contributed by atoms with van der Waals surface area (Å²) in [7, 11) is 0. The molecule has 5 heteroatoms. The zero-order valence-corrected chi connectivity index (χ0v) is 12.3. The molecule has 0 aromatic carbocycles. The summed E-state index contributed by atoms with van der Waals surface area (Å²) in [6.45, 7) is 3.38. The molecule has 0 spiro atoms. The Kier molecular flexibility index (Phi) is 5.00. The third-order valence-corrected chi connectivity index (χ3v) is 4.71. The fraction of sp³-hybridized carbons (Fsp3) is 0.867. The number of rotatable bonds is 3. The molecule has 1 aliphatic carbocycles. The Bertz CT molecular complexity index is 377. The number of nitrogens with one attached hydrogen (secondary N) is 1. The van der Waals surface area contributed by atoms with Crippen molar-refractivity contribution in [2.24, 2.45) is 0 Å². The standard InChI is InChI=1S/C15H25N3O2/c1-12(18-9-5-13(19)6-10-18)14(20)17-15(11-16)7-3-2-4-8-15/h12-13,19H,2-10H2,1H3,(H,17,20)/t12-/m1/s1. The van der Waals surface area contributed by atoms with E-state index in [4.69, 9.17) is 0 Å². The van der Waals surface area contributed by atoms with Crippen LogP contribution in [0.15, 0.2) is 0 Å². The number of aliphatic hydroxyl groups excluding tert-OH is 1. The van der Waals surface area contributed by atoms with E-state index in [1.54, 1.807) is 0 Å². The summed E-state index contributed by atoms with van der Waals surface area (Å²) in [4.78, 5) is 14.5. The maximum Gasteiger partial charge on any atom is 0.238 e. The lowest BCUT2D eigenvalue weighted by molar-refractivity contribution is -0.128. The van der Waals surface area contributed by atoms with Crippen LogP contribution in [0.2, 0.25) is 0 Å². The highest BCUT2D eigenvalue weighted by molar-refractivity contribution is 5.82. The molecular formula is C15H25N3O2. The van der Waals surface area contributed by atoms with Crippen molar-refractivity contribution in [1.82, 2.24) is 10.2 Å². The van der Waals surface area contributed by atoms with Crippen molar-refractivity contribution >= 4 is 5.91 Å². The van der Waals surface area contributed by atoms with Crippen molar-refractivity contribution < 1.29 is 9.90 Å². The number of carbonyl (C=O) groups is 1. The molecule has 0 radical (unpaired) electrons. The first-order valence-electron chi connectivity index (χ1n) is 7.72. The number of likely N-dealkylation sites (tertiary alicyclic amines) is 1. The molecule has 2 N–H and O–H groups in total. The van der Waals surface area contributed by atoms with Crippen molar-refractivity contribution in [3.05, 3.63) is 0 Å². The van der Waals surface area contributed by atoms with Gasteiger partial charge in [0.1, 0.15) is 5.54 Å². The van der Waals surface area contributed by atoms with Gasteiger partial charge in [-0.2, -0.15) is 5.26 Å². The van der Waals surface area contributed by atoms with Crippen molar-refractivity contribution in [3.8, 4) is 6.07 Å². The zero-order chi connectivity index (χ0) is 14.6. The van der Waals surface area contributed by atoms with Gasteiger partial charge in [0.25, 0.3) is 0 Å². The average molecular weight is 279 g/mol. The fourth-order valence-electron chi connectivity index (χ4n) is 3.20. The Morgan fingerprint density at radius 2 is 1.95 bits per heavy atom. The Balaban J connectivity index is 1.91. The summed E-state index contributed by atoms with van der Waals surface area (Å²) in [5.41, 5.74) is -0.654. The van der Waals surface area contributed by atoms with Crippen LogP contribution in [0.25, 0.3) is 0 Å². The largest absolute Gasteiger partial charge is 0.393 e. The predicted octanol–water partition coefficient (Wildman–Crippen LogP) is 1.17. The summed E-state index contributed by atoms with van der Waals surface area (Å²) in [5, 5.41) is 21.9. The fourth-order valence-corrected chi connectivity index (χ4v) is 3.20. The Labute approximate surface area is 120 Å². The number of hydrogen-bond donors (Lipinski definition) is 2. The van der Waals surface area contributed by atoms with Crippen LogP contribution in [-0.4, -0.2) is 46.7 Å². The van der Waals surface area contributed by atoms with Gasteiger partial charge in [0.15, 0.2) is 0 Å². The summed E-state index contributed by atoms with van der Waals surface area (Å²) in [5.74, 6) is -0.0511. The molecule has 0 unspecified atom stereocenters. The highest BCUT2D eigenvalue weighted by Crippen LogP contribution is 2.27. The van der Waals surface area contributed by atoms with Crippen LogP contribution in [0.3, 0.4) is 0 Å². The summed E-state index contributed by atoms with van der Waals surface area (Å²) < 4.78 is 0.